The highest BCUT2D eigenvalue weighted by atomic mass is 35.5. The molecule has 1 fully saturated rings. The zero-order valence-corrected chi connectivity index (χ0v) is 18.5. The summed E-state index contributed by atoms with van der Waals surface area (Å²) in [4.78, 5) is 16.7. The summed E-state index contributed by atoms with van der Waals surface area (Å²) in [7, 11) is 0. The molecule has 2 unspecified atom stereocenters. The van der Waals surface area contributed by atoms with Gasteiger partial charge in [-0.2, -0.15) is 18.3 Å². The summed E-state index contributed by atoms with van der Waals surface area (Å²) in [5.41, 5.74) is 0.596. The third-order valence-corrected chi connectivity index (χ3v) is 6.50. The van der Waals surface area contributed by atoms with Gasteiger partial charge in [0.1, 0.15) is 22.4 Å². The molecule has 0 aliphatic carbocycles. The van der Waals surface area contributed by atoms with Crippen molar-refractivity contribution >= 4 is 29.0 Å². The number of nitrogens with zero attached hydrogens (tertiary/aromatic N) is 4. The Kier molecular flexibility index (Phi) is 5.67. The van der Waals surface area contributed by atoms with E-state index in [9.17, 15) is 22.4 Å². The predicted octanol–water partition coefficient (Wildman–Crippen LogP) is 4.89. The van der Waals surface area contributed by atoms with Crippen molar-refractivity contribution in [2.45, 2.75) is 24.7 Å². The number of hydrogen-bond donors (Lipinski definition) is 1. The molecule has 0 saturated carbocycles. The number of hydrogen-bond acceptors (Lipinski definition) is 5. The van der Waals surface area contributed by atoms with Gasteiger partial charge in [0.25, 0.3) is 5.91 Å². The molecule has 180 valence electrons. The third-order valence-electron chi connectivity index (χ3n) is 6.14. The number of amides is 1. The van der Waals surface area contributed by atoms with Crippen molar-refractivity contribution in [2.24, 2.45) is 0 Å². The number of furan rings is 1. The molecular formula is C22H20ClF4N5O2. The van der Waals surface area contributed by atoms with Crippen LogP contribution >= 0.6 is 11.6 Å². The van der Waals surface area contributed by atoms with Crippen LogP contribution < -0.4 is 10.2 Å². The first-order valence-corrected chi connectivity index (χ1v) is 11.0. The van der Waals surface area contributed by atoms with Gasteiger partial charge in [0.2, 0.25) is 0 Å². The van der Waals surface area contributed by atoms with Crippen molar-refractivity contribution in [1.29, 1.82) is 0 Å². The van der Waals surface area contributed by atoms with Crippen molar-refractivity contribution < 1.29 is 26.8 Å². The predicted molar refractivity (Wildman–Crippen MR) is 117 cm³/mol. The summed E-state index contributed by atoms with van der Waals surface area (Å²) in [5, 5.41) is 6.79. The lowest BCUT2D eigenvalue weighted by atomic mass is 10.0. The van der Waals surface area contributed by atoms with Gasteiger partial charge in [-0.15, -0.1) is 0 Å². The molecule has 2 aliphatic heterocycles. The van der Waals surface area contributed by atoms with E-state index in [0.717, 1.165) is 10.4 Å². The highest BCUT2D eigenvalue weighted by Gasteiger charge is 2.48. The van der Waals surface area contributed by atoms with Crippen LogP contribution in [0.4, 0.5) is 29.1 Å². The number of halogens is 5. The maximum atomic E-state index is 13.9. The van der Waals surface area contributed by atoms with Crippen LogP contribution in [0.25, 0.3) is 0 Å². The van der Waals surface area contributed by atoms with Crippen LogP contribution in [0.1, 0.15) is 34.8 Å². The fourth-order valence-corrected chi connectivity index (χ4v) is 4.63. The molecule has 34 heavy (non-hydrogen) atoms. The molecule has 5 rings (SSSR count). The second kappa shape index (κ2) is 8.53. The fourth-order valence-electron chi connectivity index (χ4n) is 4.37. The summed E-state index contributed by atoms with van der Waals surface area (Å²) in [5.74, 6) is -0.605. The number of piperazine rings is 1. The van der Waals surface area contributed by atoms with E-state index in [1.54, 1.807) is 24.3 Å². The Balaban J connectivity index is 1.37. The lowest BCUT2D eigenvalue weighted by molar-refractivity contribution is -0.174. The lowest BCUT2D eigenvalue weighted by Gasteiger charge is -2.35. The standard InChI is InChI=1S/C22H20ClF4N5O2/c23-18-19(21(33)31-9-7-30(8-10-31)14-5-3-13(24)4-6-14)29-32-17(22(25,26)27)12-15(28-20(18)32)16-2-1-11-34-16/h1-6,11,15,17,28H,7-10,12H2. The first-order valence-electron chi connectivity index (χ1n) is 10.7. The van der Waals surface area contributed by atoms with Crippen LogP contribution in [0.3, 0.4) is 0 Å². The molecule has 1 N–H and O–H groups in total. The van der Waals surface area contributed by atoms with E-state index in [2.05, 4.69) is 10.4 Å². The van der Waals surface area contributed by atoms with Gasteiger partial charge >= 0.3 is 6.18 Å². The number of carbonyl (C=O) groups is 1. The van der Waals surface area contributed by atoms with E-state index in [1.807, 2.05) is 4.90 Å². The SMILES string of the molecule is O=C(c1nn2c(c1Cl)NC(c1ccco1)CC2C(F)(F)F)N1CCN(c2ccc(F)cc2)CC1. The molecular weight excluding hydrogens is 478 g/mol. The van der Waals surface area contributed by atoms with Crippen molar-refractivity contribution in [3.05, 3.63) is 65.0 Å². The Labute approximate surface area is 196 Å². The van der Waals surface area contributed by atoms with E-state index in [1.165, 1.54) is 23.3 Å². The number of alkyl halides is 3. The van der Waals surface area contributed by atoms with E-state index in [-0.39, 0.29) is 28.8 Å². The van der Waals surface area contributed by atoms with Gasteiger partial charge in [0, 0.05) is 38.3 Å². The smallest absolute Gasteiger partial charge is 0.410 e. The minimum atomic E-state index is -4.60. The summed E-state index contributed by atoms with van der Waals surface area (Å²) in [6.45, 7) is 1.60. The minimum absolute atomic E-state index is 0.0649. The van der Waals surface area contributed by atoms with E-state index < -0.39 is 24.2 Å². The van der Waals surface area contributed by atoms with Crippen LogP contribution in [-0.4, -0.2) is 52.9 Å². The van der Waals surface area contributed by atoms with Gasteiger partial charge in [0.05, 0.1) is 12.3 Å². The first-order chi connectivity index (χ1) is 16.2. The summed E-state index contributed by atoms with van der Waals surface area (Å²) in [6.07, 6.45) is -3.57. The zero-order valence-electron chi connectivity index (χ0n) is 17.7. The highest BCUT2D eigenvalue weighted by molar-refractivity contribution is 6.36. The molecule has 2 aliphatic rings. The Morgan fingerprint density at radius 2 is 1.82 bits per heavy atom. The molecule has 3 aromatic rings. The minimum Gasteiger partial charge on any atom is -0.467 e. The monoisotopic (exact) mass is 497 g/mol. The molecule has 2 aromatic heterocycles. The molecule has 0 radical (unpaired) electrons. The Morgan fingerprint density at radius 3 is 2.44 bits per heavy atom. The average Bonchev–Trinajstić information content (AvgIpc) is 3.47. The fraction of sp³-hybridized carbons (Fsp3) is 0.364. The van der Waals surface area contributed by atoms with Gasteiger partial charge in [-0.1, -0.05) is 11.6 Å². The van der Waals surface area contributed by atoms with Crippen molar-refractivity contribution in [3.63, 3.8) is 0 Å². The number of fused-ring (bicyclic) bond motifs is 1. The van der Waals surface area contributed by atoms with E-state index in [4.69, 9.17) is 16.0 Å². The molecule has 12 heteroatoms. The molecule has 7 nitrogen and oxygen atoms in total. The summed E-state index contributed by atoms with van der Waals surface area (Å²) < 4.78 is 60.8. The largest absolute Gasteiger partial charge is 0.467 e. The second-order valence-electron chi connectivity index (χ2n) is 8.22. The number of carbonyl (C=O) groups excluding carboxylic acids is 1. The van der Waals surface area contributed by atoms with Gasteiger partial charge in [-0.3, -0.25) is 4.79 Å². The Hall–Kier alpha value is -3.21. The van der Waals surface area contributed by atoms with Crippen LogP contribution in [0.5, 0.6) is 0 Å². The Morgan fingerprint density at radius 1 is 1.12 bits per heavy atom. The molecule has 0 spiro atoms. The van der Waals surface area contributed by atoms with Gasteiger partial charge in [0.15, 0.2) is 11.7 Å². The lowest BCUT2D eigenvalue weighted by Crippen LogP contribution is -2.49. The number of rotatable bonds is 3. The summed E-state index contributed by atoms with van der Waals surface area (Å²) >= 11 is 6.40. The van der Waals surface area contributed by atoms with Gasteiger partial charge < -0.3 is 19.5 Å². The number of benzene rings is 1. The van der Waals surface area contributed by atoms with E-state index >= 15 is 0 Å². The topological polar surface area (TPSA) is 66.5 Å². The van der Waals surface area contributed by atoms with Gasteiger partial charge in [-0.25, -0.2) is 9.07 Å². The normalized spacial score (nSPS) is 20.7. The van der Waals surface area contributed by atoms with Crippen molar-refractivity contribution in [1.82, 2.24) is 14.7 Å². The second-order valence-corrected chi connectivity index (χ2v) is 8.59. The molecule has 1 saturated heterocycles. The highest BCUT2D eigenvalue weighted by Crippen LogP contribution is 2.46. The quantitative estimate of drug-likeness (QED) is 0.522. The van der Waals surface area contributed by atoms with E-state index in [0.29, 0.717) is 31.9 Å². The number of aromatic nitrogens is 2. The zero-order chi connectivity index (χ0) is 24.0. The molecule has 4 heterocycles. The number of nitrogens with one attached hydrogen (secondary N) is 1. The average molecular weight is 498 g/mol. The molecule has 0 bridgehead atoms. The van der Waals surface area contributed by atoms with Crippen LogP contribution in [0.15, 0.2) is 47.1 Å². The molecule has 1 aromatic carbocycles. The molecule has 1 amide bonds. The third kappa shape index (κ3) is 4.08. The first kappa shape index (κ1) is 22.6. The maximum absolute atomic E-state index is 13.9. The number of anilines is 2. The van der Waals surface area contributed by atoms with Crippen molar-refractivity contribution in [2.75, 3.05) is 36.4 Å². The van der Waals surface area contributed by atoms with Crippen molar-refractivity contribution in [3.8, 4) is 0 Å². The van der Waals surface area contributed by atoms with Crippen LogP contribution in [0, 0.1) is 5.82 Å². The summed E-state index contributed by atoms with van der Waals surface area (Å²) in [6, 6.07) is 6.48. The van der Waals surface area contributed by atoms with Crippen LogP contribution in [0.2, 0.25) is 5.02 Å². The van der Waals surface area contributed by atoms with Gasteiger partial charge in [-0.05, 0) is 36.4 Å². The Bertz CT molecular complexity index is 1170. The van der Waals surface area contributed by atoms with Crippen LogP contribution in [-0.2, 0) is 0 Å². The maximum Gasteiger partial charge on any atom is 0.410 e. The molecule has 2 atom stereocenters.